The van der Waals surface area contributed by atoms with Gasteiger partial charge in [0.2, 0.25) is 0 Å². The first-order valence-corrected chi connectivity index (χ1v) is 8.09. The molecule has 0 unspecified atom stereocenters. The standard InChI is InChI=1S/C18H18N2O6/c21-18(22)19-9-13(10-19)11-25-15-5-7-16(8-6-15)26-12-14-3-1-2-4-17(14)20(23)24/h1-8,13H,9-12H2,(H,21,22). The van der Waals surface area contributed by atoms with Crippen molar-refractivity contribution in [3.8, 4) is 11.5 Å². The molecule has 0 radical (unpaired) electrons. The molecule has 8 nitrogen and oxygen atoms in total. The number of likely N-dealkylation sites (tertiary alicyclic amines) is 1. The molecule has 0 atom stereocenters. The van der Waals surface area contributed by atoms with Crippen molar-refractivity contribution in [1.82, 2.24) is 4.90 Å². The van der Waals surface area contributed by atoms with Crippen LogP contribution in [0, 0.1) is 16.0 Å². The number of nitrogens with zero attached hydrogens (tertiary/aromatic N) is 2. The van der Waals surface area contributed by atoms with Crippen LogP contribution in [0.1, 0.15) is 5.56 Å². The number of carbonyl (C=O) groups is 1. The van der Waals surface area contributed by atoms with Crippen molar-refractivity contribution < 1.29 is 24.3 Å². The van der Waals surface area contributed by atoms with E-state index in [1.54, 1.807) is 42.5 Å². The van der Waals surface area contributed by atoms with Crippen molar-refractivity contribution in [3.63, 3.8) is 0 Å². The van der Waals surface area contributed by atoms with Crippen LogP contribution in [0.25, 0.3) is 0 Å². The first kappa shape index (κ1) is 17.5. The molecule has 3 rings (SSSR count). The second-order valence-electron chi connectivity index (χ2n) is 6.01. The van der Waals surface area contributed by atoms with E-state index in [-0.39, 0.29) is 18.2 Å². The van der Waals surface area contributed by atoms with Crippen LogP contribution >= 0.6 is 0 Å². The third-order valence-electron chi connectivity index (χ3n) is 4.12. The molecule has 136 valence electrons. The molecule has 1 heterocycles. The third-order valence-corrected chi connectivity index (χ3v) is 4.12. The van der Waals surface area contributed by atoms with Gasteiger partial charge in [-0.05, 0) is 30.3 Å². The summed E-state index contributed by atoms with van der Waals surface area (Å²) in [5.41, 5.74) is 0.536. The lowest BCUT2D eigenvalue weighted by Gasteiger charge is -2.36. The van der Waals surface area contributed by atoms with E-state index in [0.29, 0.717) is 36.8 Å². The Hall–Kier alpha value is -3.29. The van der Waals surface area contributed by atoms with E-state index in [1.807, 2.05) is 0 Å². The average Bonchev–Trinajstić information content (AvgIpc) is 2.59. The predicted octanol–water partition coefficient (Wildman–Crippen LogP) is 3.16. The zero-order valence-corrected chi connectivity index (χ0v) is 13.9. The smallest absolute Gasteiger partial charge is 0.407 e. The largest absolute Gasteiger partial charge is 0.493 e. The average molecular weight is 358 g/mol. The summed E-state index contributed by atoms with van der Waals surface area (Å²) in [6.45, 7) is 1.55. The first-order chi connectivity index (χ1) is 12.5. The van der Waals surface area contributed by atoms with E-state index >= 15 is 0 Å². The number of para-hydroxylation sites is 1. The summed E-state index contributed by atoms with van der Waals surface area (Å²) >= 11 is 0. The highest BCUT2D eigenvalue weighted by molar-refractivity contribution is 5.66. The Morgan fingerprint density at radius 1 is 1.12 bits per heavy atom. The van der Waals surface area contributed by atoms with Crippen LogP contribution in [0.15, 0.2) is 48.5 Å². The van der Waals surface area contributed by atoms with Gasteiger partial charge in [0.1, 0.15) is 18.1 Å². The lowest BCUT2D eigenvalue weighted by Crippen LogP contribution is -2.51. The fourth-order valence-electron chi connectivity index (χ4n) is 2.65. The molecular weight excluding hydrogens is 340 g/mol. The maximum absolute atomic E-state index is 11.0. The minimum atomic E-state index is -0.901. The molecule has 2 aromatic carbocycles. The summed E-state index contributed by atoms with van der Waals surface area (Å²) in [5.74, 6) is 1.45. The molecule has 1 saturated heterocycles. The molecule has 26 heavy (non-hydrogen) atoms. The molecule has 0 bridgehead atoms. The Kier molecular flexibility index (Phi) is 5.21. The molecule has 0 saturated carbocycles. The van der Waals surface area contributed by atoms with E-state index in [2.05, 4.69) is 0 Å². The molecule has 8 heteroatoms. The maximum atomic E-state index is 11.0. The van der Waals surface area contributed by atoms with Crippen molar-refractivity contribution >= 4 is 11.8 Å². The molecule has 1 fully saturated rings. The SMILES string of the molecule is O=C(O)N1CC(COc2ccc(OCc3ccccc3[N+](=O)[O-])cc2)C1. The van der Waals surface area contributed by atoms with Gasteiger partial charge in [-0.3, -0.25) is 10.1 Å². The molecular formula is C18H18N2O6. The number of hydrogen-bond donors (Lipinski definition) is 1. The van der Waals surface area contributed by atoms with E-state index in [9.17, 15) is 14.9 Å². The fraction of sp³-hybridized carbons (Fsp3) is 0.278. The van der Waals surface area contributed by atoms with Gasteiger partial charge in [0, 0.05) is 25.1 Å². The maximum Gasteiger partial charge on any atom is 0.407 e. The lowest BCUT2D eigenvalue weighted by molar-refractivity contribution is -0.385. The van der Waals surface area contributed by atoms with Gasteiger partial charge in [-0.2, -0.15) is 0 Å². The van der Waals surface area contributed by atoms with Crippen LogP contribution in [-0.4, -0.2) is 40.7 Å². The summed E-state index contributed by atoms with van der Waals surface area (Å²) in [6, 6.07) is 13.4. The topological polar surface area (TPSA) is 102 Å². The highest BCUT2D eigenvalue weighted by Crippen LogP contribution is 2.23. The molecule has 1 aliphatic heterocycles. The minimum absolute atomic E-state index is 0.0309. The van der Waals surface area contributed by atoms with Gasteiger partial charge in [-0.25, -0.2) is 4.79 Å². The number of carboxylic acid groups (broad SMARTS) is 1. The number of amides is 1. The van der Waals surface area contributed by atoms with Crippen molar-refractivity contribution in [2.24, 2.45) is 5.92 Å². The number of benzene rings is 2. The van der Waals surface area contributed by atoms with E-state index in [0.717, 1.165) is 0 Å². The highest BCUT2D eigenvalue weighted by atomic mass is 16.6. The lowest BCUT2D eigenvalue weighted by atomic mass is 10.0. The molecule has 1 amide bonds. The van der Waals surface area contributed by atoms with Crippen LogP contribution in [0.5, 0.6) is 11.5 Å². The van der Waals surface area contributed by atoms with Crippen molar-refractivity contribution in [2.75, 3.05) is 19.7 Å². The first-order valence-electron chi connectivity index (χ1n) is 8.09. The molecule has 1 aliphatic rings. The van der Waals surface area contributed by atoms with E-state index in [4.69, 9.17) is 14.6 Å². The van der Waals surface area contributed by atoms with Crippen LogP contribution < -0.4 is 9.47 Å². The van der Waals surface area contributed by atoms with Gasteiger partial charge in [0.15, 0.2) is 0 Å². The van der Waals surface area contributed by atoms with Crippen LogP contribution in [-0.2, 0) is 6.61 Å². The predicted molar refractivity (Wildman–Crippen MR) is 92.5 cm³/mol. The minimum Gasteiger partial charge on any atom is -0.493 e. The number of nitro benzene ring substituents is 1. The van der Waals surface area contributed by atoms with Crippen LogP contribution in [0.2, 0.25) is 0 Å². The van der Waals surface area contributed by atoms with Gasteiger partial charge in [0.05, 0.1) is 17.1 Å². The van der Waals surface area contributed by atoms with Crippen molar-refractivity contribution in [1.29, 1.82) is 0 Å². The molecule has 2 aromatic rings. The molecule has 1 N–H and O–H groups in total. The quantitative estimate of drug-likeness (QED) is 0.602. The van der Waals surface area contributed by atoms with Gasteiger partial charge < -0.3 is 19.5 Å². The van der Waals surface area contributed by atoms with E-state index < -0.39 is 11.0 Å². The zero-order valence-electron chi connectivity index (χ0n) is 13.9. The van der Waals surface area contributed by atoms with Crippen molar-refractivity contribution in [3.05, 3.63) is 64.2 Å². The molecule has 0 aliphatic carbocycles. The molecule has 0 aromatic heterocycles. The normalized spacial score (nSPS) is 13.8. The van der Waals surface area contributed by atoms with Gasteiger partial charge in [0.25, 0.3) is 5.69 Å². The monoisotopic (exact) mass is 358 g/mol. The number of rotatable bonds is 7. The summed E-state index contributed by atoms with van der Waals surface area (Å²) < 4.78 is 11.2. The number of nitro groups is 1. The van der Waals surface area contributed by atoms with Crippen molar-refractivity contribution in [2.45, 2.75) is 6.61 Å². The second kappa shape index (κ2) is 7.73. The van der Waals surface area contributed by atoms with Crippen LogP contribution in [0.4, 0.5) is 10.5 Å². The second-order valence-corrected chi connectivity index (χ2v) is 6.01. The Labute approximate surface area is 149 Å². The summed E-state index contributed by atoms with van der Waals surface area (Å²) in [4.78, 5) is 22.6. The zero-order chi connectivity index (χ0) is 18.5. The van der Waals surface area contributed by atoms with Gasteiger partial charge in [-0.15, -0.1) is 0 Å². The van der Waals surface area contributed by atoms with Crippen LogP contribution in [0.3, 0.4) is 0 Å². The summed E-state index contributed by atoms with van der Waals surface area (Å²) in [6.07, 6.45) is -0.901. The molecule has 0 spiro atoms. The Balaban J connectivity index is 1.48. The fourth-order valence-corrected chi connectivity index (χ4v) is 2.65. The Morgan fingerprint density at radius 2 is 1.73 bits per heavy atom. The number of ether oxygens (including phenoxy) is 2. The van der Waals surface area contributed by atoms with E-state index in [1.165, 1.54) is 11.0 Å². The summed E-state index contributed by atoms with van der Waals surface area (Å²) in [7, 11) is 0. The van der Waals surface area contributed by atoms with Gasteiger partial charge >= 0.3 is 6.09 Å². The Morgan fingerprint density at radius 3 is 2.35 bits per heavy atom. The number of hydrogen-bond acceptors (Lipinski definition) is 5. The Bertz CT molecular complexity index is 787. The summed E-state index contributed by atoms with van der Waals surface area (Å²) in [5, 5.41) is 19.8. The third kappa shape index (κ3) is 4.21. The highest BCUT2D eigenvalue weighted by Gasteiger charge is 2.30. The van der Waals surface area contributed by atoms with Gasteiger partial charge in [-0.1, -0.05) is 12.1 Å².